The van der Waals surface area contributed by atoms with E-state index in [0.717, 1.165) is 16.8 Å². The van der Waals surface area contributed by atoms with E-state index >= 15 is 0 Å². The van der Waals surface area contributed by atoms with Gasteiger partial charge in [0.2, 0.25) is 0 Å². The lowest BCUT2D eigenvalue weighted by Crippen LogP contribution is -2.22. The summed E-state index contributed by atoms with van der Waals surface area (Å²) in [6.45, 7) is 3.51. The van der Waals surface area contributed by atoms with Crippen LogP contribution in [-0.2, 0) is 4.79 Å². The minimum Gasteiger partial charge on any atom is -0.479 e. The predicted molar refractivity (Wildman–Crippen MR) is 82.6 cm³/mol. The number of carboxylic acids is 1. The Morgan fingerprint density at radius 3 is 2.48 bits per heavy atom. The summed E-state index contributed by atoms with van der Waals surface area (Å²) >= 11 is 0. The Labute approximate surface area is 123 Å². The SMILES string of the molecule is Cc1ccccc1N=Cc1ccc(OC(C)C(=O)O)cc1. The molecular weight excluding hydrogens is 266 g/mol. The molecule has 2 aromatic rings. The van der Waals surface area contributed by atoms with Gasteiger partial charge >= 0.3 is 5.97 Å². The number of hydrogen-bond acceptors (Lipinski definition) is 3. The van der Waals surface area contributed by atoms with Crippen LogP contribution >= 0.6 is 0 Å². The van der Waals surface area contributed by atoms with Crippen molar-refractivity contribution in [2.75, 3.05) is 0 Å². The van der Waals surface area contributed by atoms with E-state index in [2.05, 4.69) is 4.99 Å². The van der Waals surface area contributed by atoms with Crippen LogP contribution in [0.3, 0.4) is 0 Å². The van der Waals surface area contributed by atoms with E-state index in [9.17, 15) is 4.79 Å². The molecule has 1 N–H and O–H groups in total. The Morgan fingerprint density at radius 2 is 1.86 bits per heavy atom. The Kier molecular flexibility index (Phi) is 4.72. The summed E-state index contributed by atoms with van der Waals surface area (Å²) in [5, 5.41) is 8.79. The van der Waals surface area contributed by atoms with Crippen molar-refractivity contribution in [3.8, 4) is 5.75 Å². The van der Waals surface area contributed by atoms with E-state index in [1.165, 1.54) is 6.92 Å². The van der Waals surface area contributed by atoms with E-state index in [1.807, 2.05) is 43.3 Å². The molecule has 0 amide bonds. The van der Waals surface area contributed by atoms with E-state index in [-0.39, 0.29) is 0 Å². The fourth-order valence-electron chi connectivity index (χ4n) is 1.74. The van der Waals surface area contributed by atoms with Crippen molar-refractivity contribution in [3.05, 3.63) is 59.7 Å². The molecule has 1 atom stereocenters. The molecule has 2 rings (SSSR count). The topological polar surface area (TPSA) is 58.9 Å². The Balaban J connectivity index is 2.06. The van der Waals surface area contributed by atoms with Gasteiger partial charge in [0.15, 0.2) is 6.10 Å². The summed E-state index contributed by atoms with van der Waals surface area (Å²) in [5.74, 6) is -0.460. The van der Waals surface area contributed by atoms with Crippen LogP contribution in [0.2, 0.25) is 0 Å². The van der Waals surface area contributed by atoms with Gasteiger partial charge in [0.1, 0.15) is 5.75 Å². The molecule has 0 spiro atoms. The van der Waals surface area contributed by atoms with E-state index in [1.54, 1.807) is 18.3 Å². The highest BCUT2D eigenvalue weighted by Gasteiger charge is 2.11. The molecule has 0 radical (unpaired) electrons. The Morgan fingerprint density at radius 1 is 1.19 bits per heavy atom. The first-order valence-electron chi connectivity index (χ1n) is 6.65. The highest BCUT2D eigenvalue weighted by molar-refractivity contribution is 5.82. The second kappa shape index (κ2) is 6.70. The highest BCUT2D eigenvalue weighted by Crippen LogP contribution is 2.18. The van der Waals surface area contributed by atoms with Gasteiger partial charge in [0.25, 0.3) is 0 Å². The van der Waals surface area contributed by atoms with Gasteiger partial charge in [0.05, 0.1) is 5.69 Å². The standard InChI is InChI=1S/C17H17NO3/c1-12-5-3-4-6-16(12)18-11-14-7-9-15(10-8-14)21-13(2)17(19)20/h3-11,13H,1-2H3,(H,19,20). The molecule has 2 aromatic carbocycles. The monoisotopic (exact) mass is 283 g/mol. The Hall–Kier alpha value is -2.62. The quantitative estimate of drug-likeness (QED) is 0.853. The molecule has 0 bridgehead atoms. The molecule has 4 nitrogen and oxygen atoms in total. The molecule has 0 fully saturated rings. The lowest BCUT2D eigenvalue weighted by Gasteiger charge is -2.09. The zero-order chi connectivity index (χ0) is 15.2. The second-order valence-corrected chi connectivity index (χ2v) is 4.71. The molecule has 0 saturated heterocycles. The number of aryl methyl sites for hydroxylation is 1. The number of nitrogens with zero attached hydrogens (tertiary/aromatic N) is 1. The maximum Gasteiger partial charge on any atom is 0.344 e. The van der Waals surface area contributed by atoms with Crippen LogP contribution in [-0.4, -0.2) is 23.4 Å². The molecule has 21 heavy (non-hydrogen) atoms. The third-order valence-electron chi connectivity index (χ3n) is 3.01. The lowest BCUT2D eigenvalue weighted by molar-refractivity contribution is -0.144. The number of para-hydroxylation sites is 1. The normalized spacial score (nSPS) is 12.3. The third-order valence-corrected chi connectivity index (χ3v) is 3.01. The molecule has 0 aliphatic carbocycles. The zero-order valence-corrected chi connectivity index (χ0v) is 12.0. The molecule has 108 valence electrons. The maximum absolute atomic E-state index is 10.7. The molecule has 0 aliphatic rings. The van der Waals surface area contributed by atoms with E-state index in [0.29, 0.717) is 5.75 Å². The molecule has 0 saturated carbocycles. The third kappa shape index (κ3) is 4.18. The molecule has 1 unspecified atom stereocenters. The van der Waals surface area contributed by atoms with Crippen LogP contribution < -0.4 is 4.74 Å². The predicted octanol–water partition coefficient (Wildman–Crippen LogP) is 3.60. The summed E-state index contributed by atoms with van der Waals surface area (Å²) in [6.07, 6.45) is 0.906. The smallest absolute Gasteiger partial charge is 0.344 e. The van der Waals surface area contributed by atoms with Crippen molar-refractivity contribution in [3.63, 3.8) is 0 Å². The van der Waals surface area contributed by atoms with Crippen LogP contribution in [0.25, 0.3) is 0 Å². The first kappa shape index (κ1) is 14.8. The van der Waals surface area contributed by atoms with E-state index < -0.39 is 12.1 Å². The molecule has 0 heterocycles. The summed E-state index contributed by atoms with van der Waals surface area (Å²) in [4.78, 5) is 15.2. The number of carboxylic acid groups (broad SMARTS) is 1. The number of ether oxygens (including phenoxy) is 1. The summed E-state index contributed by atoms with van der Waals surface area (Å²) in [6, 6.07) is 15.0. The van der Waals surface area contributed by atoms with Gasteiger partial charge < -0.3 is 9.84 Å². The number of aliphatic carboxylic acids is 1. The van der Waals surface area contributed by atoms with Gasteiger partial charge in [0, 0.05) is 6.21 Å². The van der Waals surface area contributed by atoms with Gasteiger partial charge in [-0.2, -0.15) is 0 Å². The average Bonchev–Trinajstić information content (AvgIpc) is 2.48. The number of hydrogen-bond donors (Lipinski definition) is 1. The molecule has 4 heteroatoms. The van der Waals surface area contributed by atoms with Crippen molar-refractivity contribution in [1.29, 1.82) is 0 Å². The van der Waals surface area contributed by atoms with Gasteiger partial charge in [-0.3, -0.25) is 4.99 Å². The summed E-state index contributed by atoms with van der Waals surface area (Å²) in [7, 11) is 0. The second-order valence-electron chi connectivity index (χ2n) is 4.71. The van der Waals surface area contributed by atoms with Crippen molar-refractivity contribution in [1.82, 2.24) is 0 Å². The number of rotatable bonds is 5. The van der Waals surface area contributed by atoms with Crippen molar-refractivity contribution < 1.29 is 14.6 Å². The van der Waals surface area contributed by atoms with Gasteiger partial charge in [-0.15, -0.1) is 0 Å². The summed E-state index contributed by atoms with van der Waals surface area (Å²) < 4.78 is 5.27. The van der Waals surface area contributed by atoms with Gasteiger partial charge in [-0.05, 0) is 55.3 Å². The Bertz CT molecular complexity index is 647. The minimum atomic E-state index is -0.986. The van der Waals surface area contributed by atoms with Gasteiger partial charge in [-0.25, -0.2) is 4.79 Å². The zero-order valence-electron chi connectivity index (χ0n) is 12.0. The van der Waals surface area contributed by atoms with Crippen molar-refractivity contribution in [2.45, 2.75) is 20.0 Å². The fourth-order valence-corrected chi connectivity index (χ4v) is 1.74. The first-order valence-corrected chi connectivity index (χ1v) is 6.65. The van der Waals surface area contributed by atoms with Gasteiger partial charge in [-0.1, -0.05) is 18.2 Å². The van der Waals surface area contributed by atoms with Crippen LogP contribution in [0.5, 0.6) is 5.75 Å². The first-order chi connectivity index (χ1) is 10.1. The van der Waals surface area contributed by atoms with Crippen LogP contribution in [0, 0.1) is 6.92 Å². The number of benzene rings is 2. The maximum atomic E-state index is 10.7. The minimum absolute atomic E-state index is 0.526. The average molecular weight is 283 g/mol. The number of aliphatic imine (C=N–C) groups is 1. The van der Waals surface area contributed by atoms with Crippen LogP contribution in [0.1, 0.15) is 18.1 Å². The fraction of sp³-hybridized carbons (Fsp3) is 0.176. The highest BCUT2D eigenvalue weighted by atomic mass is 16.5. The van der Waals surface area contributed by atoms with Crippen LogP contribution in [0.4, 0.5) is 5.69 Å². The van der Waals surface area contributed by atoms with Crippen molar-refractivity contribution >= 4 is 17.9 Å². The molecule has 0 aromatic heterocycles. The van der Waals surface area contributed by atoms with E-state index in [4.69, 9.17) is 9.84 Å². The lowest BCUT2D eigenvalue weighted by atomic mass is 10.2. The molecular formula is C17H17NO3. The number of carbonyl (C=O) groups is 1. The van der Waals surface area contributed by atoms with Crippen molar-refractivity contribution in [2.24, 2.45) is 4.99 Å². The molecule has 0 aliphatic heterocycles. The summed E-state index contributed by atoms with van der Waals surface area (Å²) in [5.41, 5.74) is 2.97. The largest absolute Gasteiger partial charge is 0.479 e. The van der Waals surface area contributed by atoms with Crippen LogP contribution in [0.15, 0.2) is 53.5 Å².